The first-order chi connectivity index (χ1) is 8.28. The Morgan fingerprint density at radius 3 is 2.39 bits per heavy atom. The normalized spacial score (nSPS) is 14.0. The van der Waals surface area contributed by atoms with Crippen molar-refractivity contribution >= 4 is 23.6 Å². The number of thioether (sulfide) groups is 1. The van der Waals surface area contributed by atoms with Gasteiger partial charge in [0.15, 0.2) is 5.96 Å². The van der Waals surface area contributed by atoms with Gasteiger partial charge in [0.2, 0.25) is 5.91 Å². The van der Waals surface area contributed by atoms with Gasteiger partial charge in [0.05, 0.1) is 6.54 Å². The van der Waals surface area contributed by atoms with E-state index in [0.717, 1.165) is 6.54 Å². The molecule has 6 heteroatoms. The summed E-state index contributed by atoms with van der Waals surface area (Å²) in [6.45, 7) is 9.05. The number of amides is 1. The molecular formula is C12H26N4OS. The number of carbonyl (C=O) groups excluding carboxylic acids is 1. The van der Waals surface area contributed by atoms with Gasteiger partial charge in [-0.25, -0.2) is 0 Å². The second kappa shape index (κ2) is 8.24. The molecule has 18 heavy (non-hydrogen) atoms. The van der Waals surface area contributed by atoms with Crippen molar-refractivity contribution in [3.8, 4) is 0 Å². The second-order valence-corrected chi connectivity index (χ2v) is 6.43. The summed E-state index contributed by atoms with van der Waals surface area (Å²) in [4.78, 5) is 15.7. The van der Waals surface area contributed by atoms with Crippen LogP contribution in [-0.4, -0.2) is 49.0 Å². The van der Waals surface area contributed by atoms with Crippen molar-refractivity contribution in [2.45, 2.75) is 38.5 Å². The largest absolute Gasteiger partial charge is 0.355 e. The molecular weight excluding hydrogens is 248 g/mol. The first-order valence-corrected chi connectivity index (χ1v) is 7.35. The van der Waals surface area contributed by atoms with E-state index in [1.54, 1.807) is 18.8 Å². The molecule has 0 aromatic rings. The molecule has 106 valence electrons. The van der Waals surface area contributed by atoms with Crippen molar-refractivity contribution in [1.29, 1.82) is 0 Å². The van der Waals surface area contributed by atoms with Crippen LogP contribution in [0.1, 0.15) is 27.7 Å². The fraction of sp³-hybridized carbons (Fsp3) is 0.833. The third kappa shape index (κ3) is 9.15. The van der Waals surface area contributed by atoms with Crippen molar-refractivity contribution in [1.82, 2.24) is 16.0 Å². The molecule has 1 amide bonds. The third-order valence-electron chi connectivity index (χ3n) is 2.11. The maximum Gasteiger partial charge on any atom is 0.239 e. The van der Waals surface area contributed by atoms with Gasteiger partial charge >= 0.3 is 0 Å². The lowest BCUT2D eigenvalue weighted by molar-refractivity contribution is -0.121. The fourth-order valence-corrected chi connectivity index (χ4v) is 1.42. The molecule has 0 saturated heterocycles. The van der Waals surface area contributed by atoms with Crippen LogP contribution in [0.15, 0.2) is 4.99 Å². The number of nitrogens with one attached hydrogen (secondary N) is 3. The maximum atomic E-state index is 11.6. The summed E-state index contributed by atoms with van der Waals surface area (Å²) in [6.07, 6.45) is 2.07. The second-order valence-electron chi connectivity index (χ2n) is 5.15. The Morgan fingerprint density at radius 2 is 1.94 bits per heavy atom. The lowest BCUT2D eigenvalue weighted by Gasteiger charge is -2.21. The average Bonchev–Trinajstić information content (AvgIpc) is 2.26. The SMILES string of the molecule is CN=C(NCC(=O)NC(C)(C)C)NCC(C)SC. The van der Waals surface area contributed by atoms with Crippen molar-refractivity contribution in [2.24, 2.45) is 4.99 Å². The minimum atomic E-state index is -0.205. The molecule has 3 N–H and O–H groups in total. The highest BCUT2D eigenvalue weighted by atomic mass is 32.2. The van der Waals surface area contributed by atoms with E-state index in [9.17, 15) is 4.79 Å². The van der Waals surface area contributed by atoms with Crippen LogP contribution < -0.4 is 16.0 Å². The van der Waals surface area contributed by atoms with Crippen molar-refractivity contribution in [3.05, 3.63) is 0 Å². The summed E-state index contributed by atoms with van der Waals surface area (Å²) in [6, 6.07) is 0. The average molecular weight is 274 g/mol. The quantitative estimate of drug-likeness (QED) is 0.513. The molecule has 0 aromatic carbocycles. The molecule has 0 heterocycles. The zero-order chi connectivity index (χ0) is 14.2. The highest BCUT2D eigenvalue weighted by Gasteiger charge is 2.13. The smallest absolute Gasteiger partial charge is 0.239 e. The molecule has 0 spiro atoms. The summed E-state index contributed by atoms with van der Waals surface area (Å²) in [7, 11) is 1.70. The van der Waals surface area contributed by atoms with Crippen LogP contribution in [-0.2, 0) is 4.79 Å². The van der Waals surface area contributed by atoms with Gasteiger partial charge in [-0.05, 0) is 27.0 Å². The monoisotopic (exact) mass is 274 g/mol. The van der Waals surface area contributed by atoms with Gasteiger partial charge in [0, 0.05) is 24.4 Å². The molecule has 0 aliphatic rings. The number of nitrogens with zero attached hydrogens (tertiary/aromatic N) is 1. The number of guanidine groups is 1. The predicted molar refractivity (Wildman–Crippen MR) is 80.2 cm³/mol. The number of hydrogen-bond donors (Lipinski definition) is 3. The molecule has 0 aliphatic carbocycles. The molecule has 0 bridgehead atoms. The predicted octanol–water partition coefficient (Wildman–Crippen LogP) is 0.818. The van der Waals surface area contributed by atoms with E-state index in [1.807, 2.05) is 20.8 Å². The summed E-state index contributed by atoms with van der Waals surface area (Å²) < 4.78 is 0. The Balaban J connectivity index is 3.98. The van der Waals surface area contributed by atoms with E-state index >= 15 is 0 Å². The number of rotatable bonds is 5. The molecule has 0 aromatic heterocycles. The zero-order valence-corrected chi connectivity index (χ0v) is 13.1. The number of hydrogen-bond acceptors (Lipinski definition) is 3. The third-order valence-corrected chi connectivity index (χ3v) is 3.09. The molecule has 5 nitrogen and oxygen atoms in total. The number of carbonyl (C=O) groups is 1. The van der Waals surface area contributed by atoms with Gasteiger partial charge in [-0.3, -0.25) is 9.79 Å². The van der Waals surface area contributed by atoms with Crippen LogP contribution in [0.3, 0.4) is 0 Å². The Bertz CT molecular complexity index is 286. The minimum absolute atomic E-state index is 0.0386. The molecule has 1 atom stereocenters. The van der Waals surface area contributed by atoms with E-state index in [1.165, 1.54) is 0 Å². The summed E-state index contributed by atoms with van der Waals surface area (Å²) in [5.74, 6) is 0.614. The van der Waals surface area contributed by atoms with Gasteiger partial charge in [-0.15, -0.1) is 0 Å². The van der Waals surface area contributed by atoms with E-state index in [-0.39, 0.29) is 18.0 Å². The summed E-state index contributed by atoms with van der Waals surface area (Å²) in [5, 5.41) is 9.56. The van der Waals surface area contributed by atoms with Gasteiger partial charge in [-0.1, -0.05) is 6.92 Å². The van der Waals surface area contributed by atoms with Gasteiger partial charge in [-0.2, -0.15) is 11.8 Å². The Labute approximate surface area is 115 Å². The van der Waals surface area contributed by atoms with Crippen LogP contribution in [0.4, 0.5) is 0 Å². The van der Waals surface area contributed by atoms with Crippen LogP contribution in [0.5, 0.6) is 0 Å². The lowest BCUT2D eigenvalue weighted by Crippen LogP contribution is -2.48. The van der Waals surface area contributed by atoms with E-state index < -0.39 is 0 Å². The van der Waals surface area contributed by atoms with Gasteiger partial charge in [0.1, 0.15) is 0 Å². The maximum absolute atomic E-state index is 11.6. The lowest BCUT2D eigenvalue weighted by atomic mass is 10.1. The highest BCUT2D eigenvalue weighted by Crippen LogP contribution is 2.02. The van der Waals surface area contributed by atoms with E-state index in [0.29, 0.717) is 11.2 Å². The zero-order valence-electron chi connectivity index (χ0n) is 12.3. The Kier molecular flexibility index (Phi) is 7.82. The Morgan fingerprint density at radius 1 is 1.33 bits per heavy atom. The standard InChI is InChI=1S/C12H26N4OS/c1-9(18-6)7-14-11(13-5)15-8-10(17)16-12(2,3)4/h9H,7-8H2,1-6H3,(H,16,17)(H2,13,14,15). The van der Waals surface area contributed by atoms with Crippen LogP contribution in [0.25, 0.3) is 0 Å². The van der Waals surface area contributed by atoms with Crippen molar-refractivity contribution in [2.75, 3.05) is 26.4 Å². The molecule has 1 unspecified atom stereocenters. The van der Waals surface area contributed by atoms with Gasteiger partial charge < -0.3 is 16.0 Å². The fourth-order valence-electron chi connectivity index (χ4n) is 1.17. The molecule has 0 radical (unpaired) electrons. The van der Waals surface area contributed by atoms with Crippen molar-refractivity contribution in [3.63, 3.8) is 0 Å². The minimum Gasteiger partial charge on any atom is -0.355 e. The van der Waals surface area contributed by atoms with Crippen LogP contribution in [0.2, 0.25) is 0 Å². The van der Waals surface area contributed by atoms with Crippen LogP contribution >= 0.6 is 11.8 Å². The topological polar surface area (TPSA) is 65.5 Å². The Hall–Kier alpha value is -0.910. The molecule has 0 saturated carbocycles. The first kappa shape index (κ1) is 17.1. The van der Waals surface area contributed by atoms with Crippen molar-refractivity contribution < 1.29 is 4.79 Å². The molecule has 0 fully saturated rings. The van der Waals surface area contributed by atoms with Crippen LogP contribution in [0, 0.1) is 0 Å². The van der Waals surface area contributed by atoms with E-state index in [4.69, 9.17) is 0 Å². The summed E-state index contributed by atoms with van der Waals surface area (Å²) >= 11 is 1.78. The molecule has 0 rings (SSSR count). The first-order valence-electron chi connectivity index (χ1n) is 6.07. The molecule has 0 aliphatic heterocycles. The summed E-state index contributed by atoms with van der Waals surface area (Å²) in [5.41, 5.74) is -0.205. The number of aliphatic imine (C=N–C) groups is 1. The van der Waals surface area contributed by atoms with E-state index in [2.05, 4.69) is 34.1 Å². The highest BCUT2D eigenvalue weighted by molar-refractivity contribution is 7.99. The van der Waals surface area contributed by atoms with Gasteiger partial charge in [0.25, 0.3) is 0 Å².